The van der Waals surface area contributed by atoms with Crippen molar-refractivity contribution >= 4 is 38.4 Å². The van der Waals surface area contributed by atoms with E-state index in [0.29, 0.717) is 11.1 Å². The number of hydrogen-bond donors (Lipinski definition) is 1. The number of carbonyl (C=O) groups excluding carboxylic acids is 1. The molecule has 0 aromatic heterocycles. The van der Waals surface area contributed by atoms with Gasteiger partial charge in [0.25, 0.3) is 10.0 Å². The molecule has 1 amide bonds. The maximum Gasteiger partial charge on any atom is 0.305 e. The van der Waals surface area contributed by atoms with Crippen molar-refractivity contribution in [1.82, 2.24) is 4.90 Å². The Morgan fingerprint density at radius 3 is 2.42 bits per heavy atom. The molecule has 0 spiro atoms. The van der Waals surface area contributed by atoms with E-state index >= 15 is 0 Å². The van der Waals surface area contributed by atoms with Gasteiger partial charge in [-0.15, -0.1) is 0 Å². The van der Waals surface area contributed by atoms with E-state index in [1.807, 2.05) is 12.1 Å². The highest BCUT2D eigenvalue weighted by Gasteiger charge is 2.37. The Hall–Kier alpha value is -2.61. The molecule has 1 N–H and O–H groups in total. The van der Waals surface area contributed by atoms with Crippen molar-refractivity contribution in [2.75, 3.05) is 17.4 Å². The van der Waals surface area contributed by atoms with Crippen LogP contribution in [0.2, 0.25) is 0 Å². The predicted molar refractivity (Wildman–Crippen MR) is 97.6 cm³/mol. The van der Waals surface area contributed by atoms with Crippen LogP contribution in [0, 0.1) is 0 Å². The summed E-state index contributed by atoms with van der Waals surface area (Å²) in [4.78, 5) is 25.2. The van der Waals surface area contributed by atoms with Crippen molar-refractivity contribution in [2.45, 2.75) is 31.2 Å². The molecule has 138 valence electrons. The molecule has 8 heteroatoms. The largest absolute Gasteiger partial charge is 0.481 e. The van der Waals surface area contributed by atoms with Gasteiger partial charge < -0.3 is 10.0 Å². The van der Waals surface area contributed by atoms with Gasteiger partial charge in [0, 0.05) is 18.0 Å². The highest BCUT2D eigenvalue weighted by Crippen LogP contribution is 2.41. The second kappa shape index (κ2) is 6.60. The van der Waals surface area contributed by atoms with Crippen LogP contribution in [0.1, 0.15) is 20.3 Å². The van der Waals surface area contributed by atoms with Crippen LogP contribution in [0.3, 0.4) is 0 Å². The van der Waals surface area contributed by atoms with E-state index in [1.165, 1.54) is 11.0 Å². The number of anilines is 1. The number of carboxylic acids is 1. The van der Waals surface area contributed by atoms with Gasteiger partial charge >= 0.3 is 5.97 Å². The summed E-state index contributed by atoms with van der Waals surface area (Å²) >= 11 is 0. The topological polar surface area (TPSA) is 95.0 Å². The Morgan fingerprint density at radius 1 is 1.15 bits per heavy atom. The van der Waals surface area contributed by atoms with Gasteiger partial charge in [-0.05, 0) is 31.4 Å². The molecule has 0 saturated carbocycles. The van der Waals surface area contributed by atoms with Gasteiger partial charge in [0.15, 0.2) is 0 Å². The van der Waals surface area contributed by atoms with Crippen molar-refractivity contribution in [2.24, 2.45) is 0 Å². The Bertz CT molecular complexity index is 979. The minimum Gasteiger partial charge on any atom is -0.481 e. The van der Waals surface area contributed by atoms with E-state index in [0.717, 1.165) is 9.69 Å². The number of nitrogens with zero attached hydrogens (tertiary/aromatic N) is 2. The summed E-state index contributed by atoms with van der Waals surface area (Å²) in [5.41, 5.74) is 0.480. The first-order valence-corrected chi connectivity index (χ1v) is 9.73. The molecule has 1 aliphatic heterocycles. The zero-order chi connectivity index (χ0) is 19.1. The van der Waals surface area contributed by atoms with E-state index in [1.54, 1.807) is 32.0 Å². The summed E-state index contributed by atoms with van der Waals surface area (Å²) in [5.74, 6) is -1.43. The van der Waals surface area contributed by atoms with Crippen LogP contribution >= 0.6 is 0 Å². The first kappa shape index (κ1) is 18.2. The Morgan fingerprint density at radius 2 is 1.81 bits per heavy atom. The molecule has 26 heavy (non-hydrogen) atoms. The lowest BCUT2D eigenvalue weighted by atomic mass is 10.1. The summed E-state index contributed by atoms with van der Waals surface area (Å²) in [5, 5.41) is 10.3. The molecule has 0 saturated heterocycles. The molecule has 3 rings (SSSR count). The summed E-state index contributed by atoms with van der Waals surface area (Å²) in [6.07, 6.45) is -0.188. The van der Waals surface area contributed by atoms with E-state index in [9.17, 15) is 18.0 Å². The smallest absolute Gasteiger partial charge is 0.305 e. The lowest BCUT2D eigenvalue weighted by Crippen LogP contribution is -2.45. The van der Waals surface area contributed by atoms with E-state index in [2.05, 4.69) is 0 Å². The fraction of sp³-hybridized carbons (Fsp3) is 0.333. The van der Waals surface area contributed by atoms with Gasteiger partial charge in [-0.2, -0.15) is 0 Å². The van der Waals surface area contributed by atoms with E-state index < -0.39 is 21.9 Å². The lowest BCUT2D eigenvalue weighted by molar-refractivity contribution is -0.138. The number of carbonyl (C=O) groups is 2. The average Bonchev–Trinajstić information content (AvgIpc) is 2.78. The number of amides is 1. The maximum atomic E-state index is 12.9. The lowest BCUT2D eigenvalue weighted by Gasteiger charge is -2.28. The second-order valence-electron chi connectivity index (χ2n) is 6.47. The van der Waals surface area contributed by atoms with Gasteiger partial charge in [0.2, 0.25) is 5.91 Å². The Kier molecular flexibility index (Phi) is 4.62. The number of rotatable bonds is 6. The quantitative estimate of drug-likeness (QED) is 0.833. The maximum absolute atomic E-state index is 12.9. The molecule has 0 bridgehead atoms. The average molecular weight is 376 g/mol. The van der Waals surface area contributed by atoms with Gasteiger partial charge in [0.05, 0.1) is 17.0 Å². The third-order valence-corrected chi connectivity index (χ3v) is 6.27. The molecule has 0 aliphatic carbocycles. The first-order valence-electron chi connectivity index (χ1n) is 8.29. The zero-order valence-electron chi connectivity index (χ0n) is 14.5. The molecule has 0 fully saturated rings. The summed E-state index contributed by atoms with van der Waals surface area (Å²) < 4.78 is 27.0. The van der Waals surface area contributed by atoms with Gasteiger partial charge in [0.1, 0.15) is 6.54 Å². The highest BCUT2D eigenvalue weighted by molar-refractivity contribution is 7.93. The zero-order valence-corrected chi connectivity index (χ0v) is 15.4. The van der Waals surface area contributed by atoms with Crippen LogP contribution in [0.15, 0.2) is 41.3 Å². The van der Waals surface area contributed by atoms with Crippen LogP contribution in [-0.4, -0.2) is 49.4 Å². The van der Waals surface area contributed by atoms with E-state index in [-0.39, 0.29) is 30.4 Å². The minimum absolute atomic E-state index is 0.0386. The third kappa shape index (κ3) is 3.01. The minimum atomic E-state index is -3.81. The van der Waals surface area contributed by atoms with Crippen molar-refractivity contribution in [3.63, 3.8) is 0 Å². The van der Waals surface area contributed by atoms with Crippen molar-refractivity contribution in [3.05, 3.63) is 36.4 Å². The SMILES string of the molecule is CC(C)N(CCC(=O)O)C(=O)CN1c2cccc3cccc(c23)S1(=O)=O. The number of aliphatic carboxylic acids is 1. The van der Waals surface area contributed by atoms with Crippen molar-refractivity contribution < 1.29 is 23.1 Å². The molecule has 0 atom stereocenters. The first-order chi connectivity index (χ1) is 12.2. The van der Waals surface area contributed by atoms with Gasteiger partial charge in [-0.3, -0.25) is 13.9 Å². The fourth-order valence-corrected chi connectivity index (χ4v) is 4.89. The number of carboxylic acid groups (broad SMARTS) is 1. The third-order valence-electron chi connectivity index (χ3n) is 4.47. The highest BCUT2D eigenvalue weighted by atomic mass is 32.2. The summed E-state index contributed by atoms with van der Waals surface area (Å²) in [6.45, 7) is 3.23. The number of hydrogen-bond acceptors (Lipinski definition) is 4. The summed E-state index contributed by atoms with van der Waals surface area (Å²) in [6, 6.07) is 10.1. The van der Waals surface area contributed by atoms with Crippen LogP contribution < -0.4 is 4.31 Å². The molecule has 0 unspecified atom stereocenters. The van der Waals surface area contributed by atoms with Crippen LogP contribution in [-0.2, 0) is 19.6 Å². The fourth-order valence-electron chi connectivity index (χ4n) is 3.23. The molecule has 0 radical (unpaired) electrons. The number of sulfonamides is 1. The van der Waals surface area contributed by atoms with Crippen LogP contribution in [0.5, 0.6) is 0 Å². The van der Waals surface area contributed by atoms with E-state index in [4.69, 9.17) is 5.11 Å². The standard InChI is InChI=1S/C18H20N2O5S/c1-12(2)19(10-9-17(22)23)16(21)11-20-14-7-3-5-13-6-4-8-15(18(13)14)26(20,24)25/h3-8,12H,9-11H2,1-2H3,(H,22,23). The van der Waals surface area contributed by atoms with Crippen molar-refractivity contribution in [1.29, 1.82) is 0 Å². The van der Waals surface area contributed by atoms with Crippen LogP contribution in [0.4, 0.5) is 5.69 Å². The van der Waals surface area contributed by atoms with Gasteiger partial charge in [-0.25, -0.2) is 8.42 Å². The molecular weight excluding hydrogens is 356 g/mol. The summed E-state index contributed by atoms with van der Waals surface area (Å²) in [7, 11) is -3.81. The van der Waals surface area contributed by atoms with Crippen molar-refractivity contribution in [3.8, 4) is 0 Å². The predicted octanol–water partition coefficient (Wildman–Crippen LogP) is 2.06. The monoisotopic (exact) mass is 376 g/mol. The Labute approximate surface area is 151 Å². The normalized spacial score (nSPS) is 14.8. The molecule has 1 aliphatic rings. The van der Waals surface area contributed by atoms with Gasteiger partial charge in [-0.1, -0.05) is 24.3 Å². The van der Waals surface area contributed by atoms with Crippen LogP contribution in [0.25, 0.3) is 10.8 Å². The molecule has 2 aromatic rings. The second-order valence-corrected chi connectivity index (χ2v) is 8.30. The molecule has 7 nitrogen and oxygen atoms in total. The molecular formula is C18H20N2O5S. The molecule has 2 aromatic carbocycles. The molecule has 1 heterocycles. The Balaban J connectivity index is 1.94. The number of benzene rings is 2.